The molecule has 0 saturated heterocycles. The van der Waals surface area contributed by atoms with Gasteiger partial charge >= 0.3 is 0 Å². The molecule has 2 aromatic heterocycles. The van der Waals surface area contributed by atoms with Gasteiger partial charge in [-0.1, -0.05) is 12.1 Å². The fourth-order valence-electron chi connectivity index (χ4n) is 2.73. The molecule has 1 aliphatic rings. The Bertz CT molecular complexity index is 692. The minimum Gasteiger partial charge on any atom is -0.338 e. The lowest BCUT2D eigenvalue weighted by molar-refractivity contribution is -0.118. The molecule has 8 heteroatoms. The Morgan fingerprint density at radius 1 is 1.57 bits per heavy atom. The highest BCUT2D eigenvalue weighted by atomic mass is 16.5. The summed E-state index contributed by atoms with van der Waals surface area (Å²) in [6.07, 6.45) is 2.66. The molecule has 0 bridgehead atoms. The van der Waals surface area contributed by atoms with Crippen molar-refractivity contribution in [2.24, 2.45) is 0 Å². The van der Waals surface area contributed by atoms with Crippen LogP contribution >= 0.6 is 0 Å². The van der Waals surface area contributed by atoms with E-state index in [0.717, 1.165) is 43.1 Å². The second-order valence-corrected chi connectivity index (χ2v) is 5.93. The summed E-state index contributed by atoms with van der Waals surface area (Å²) in [5.41, 5.74) is 0.735. The molecule has 1 aliphatic heterocycles. The van der Waals surface area contributed by atoms with Gasteiger partial charge in [0.15, 0.2) is 5.82 Å². The van der Waals surface area contributed by atoms with Crippen molar-refractivity contribution in [3.8, 4) is 0 Å². The number of nitrogens with one attached hydrogen (secondary N) is 2. The third-order valence-electron chi connectivity index (χ3n) is 3.97. The SMILES string of the molecule is CCc1nc2n(n1)C[C@@H](N[C@H](C)C(=O)Nc1cc(C)no1)CC2. The average molecular weight is 318 g/mol. The summed E-state index contributed by atoms with van der Waals surface area (Å²) in [6.45, 7) is 6.44. The van der Waals surface area contributed by atoms with E-state index in [1.54, 1.807) is 6.07 Å². The molecule has 23 heavy (non-hydrogen) atoms. The molecule has 0 spiro atoms. The number of aryl methyl sites for hydroxylation is 3. The van der Waals surface area contributed by atoms with Crippen molar-refractivity contribution in [1.82, 2.24) is 25.2 Å². The molecular formula is C15H22N6O2. The van der Waals surface area contributed by atoms with Crippen LogP contribution in [0.3, 0.4) is 0 Å². The van der Waals surface area contributed by atoms with Gasteiger partial charge in [0, 0.05) is 24.9 Å². The van der Waals surface area contributed by atoms with Crippen LogP contribution in [0.4, 0.5) is 5.88 Å². The Kier molecular flexibility index (Phi) is 4.42. The lowest BCUT2D eigenvalue weighted by atomic mass is 10.1. The Hall–Kier alpha value is -2.22. The maximum atomic E-state index is 12.2. The lowest BCUT2D eigenvalue weighted by Crippen LogP contribution is -2.47. The van der Waals surface area contributed by atoms with E-state index >= 15 is 0 Å². The van der Waals surface area contributed by atoms with Gasteiger partial charge in [-0.15, -0.1) is 0 Å². The first-order chi connectivity index (χ1) is 11.0. The average Bonchev–Trinajstić information content (AvgIpc) is 3.12. The molecule has 0 unspecified atom stereocenters. The molecule has 0 fully saturated rings. The van der Waals surface area contributed by atoms with E-state index < -0.39 is 0 Å². The van der Waals surface area contributed by atoms with Crippen molar-refractivity contribution in [3.05, 3.63) is 23.4 Å². The standard InChI is InChI=1S/C15H22N6O2/c1-4-12-17-13-6-5-11(8-21(13)19-12)16-10(3)15(22)18-14-7-9(2)20-23-14/h7,10-11,16H,4-6,8H2,1-3H3,(H,18,22)/t10-,11+/m1/s1. The molecule has 2 atom stereocenters. The minimum atomic E-state index is -0.332. The smallest absolute Gasteiger partial charge is 0.243 e. The van der Waals surface area contributed by atoms with E-state index in [4.69, 9.17) is 4.52 Å². The Balaban J connectivity index is 1.55. The van der Waals surface area contributed by atoms with Gasteiger partial charge in [0.05, 0.1) is 18.3 Å². The fraction of sp³-hybridized carbons (Fsp3) is 0.600. The number of fused-ring (bicyclic) bond motifs is 1. The molecule has 3 rings (SSSR count). The second kappa shape index (κ2) is 6.49. The summed E-state index contributed by atoms with van der Waals surface area (Å²) in [7, 11) is 0. The van der Waals surface area contributed by atoms with Gasteiger partial charge in [0.2, 0.25) is 11.8 Å². The van der Waals surface area contributed by atoms with Crippen molar-refractivity contribution in [3.63, 3.8) is 0 Å². The number of carbonyl (C=O) groups is 1. The van der Waals surface area contributed by atoms with E-state index in [1.165, 1.54) is 0 Å². The first-order valence-corrected chi connectivity index (χ1v) is 7.98. The van der Waals surface area contributed by atoms with Crippen LogP contribution in [0.15, 0.2) is 10.6 Å². The van der Waals surface area contributed by atoms with Gasteiger partial charge in [-0.3, -0.25) is 10.1 Å². The van der Waals surface area contributed by atoms with Gasteiger partial charge in [-0.2, -0.15) is 5.10 Å². The first kappa shape index (κ1) is 15.7. The Morgan fingerprint density at radius 2 is 2.39 bits per heavy atom. The number of carbonyl (C=O) groups excluding carboxylic acids is 1. The van der Waals surface area contributed by atoms with Crippen LogP contribution in [-0.4, -0.2) is 37.9 Å². The van der Waals surface area contributed by atoms with Crippen LogP contribution in [0, 0.1) is 6.92 Å². The van der Waals surface area contributed by atoms with Crippen LogP contribution < -0.4 is 10.6 Å². The maximum absolute atomic E-state index is 12.2. The largest absolute Gasteiger partial charge is 0.338 e. The van der Waals surface area contributed by atoms with Crippen molar-refractivity contribution in [1.29, 1.82) is 0 Å². The molecule has 2 aromatic rings. The fourth-order valence-corrected chi connectivity index (χ4v) is 2.73. The van der Waals surface area contributed by atoms with Gasteiger partial charge in [-0.05, 0) is 20.3 Å². The molecule has 124 valence electrons. The van der Waals surface area contributed by atoms with Crippen molar-refractivity contribution in [2.45, 2.75) is 58.7 Å². The summed E-state index contributed by atoms with van der Waals surface area (Å²) in [5, 5.41) is 14.3. The molecule has 3 heterocycles. The predicted molar refractivity (Wildman–Crippen MR) is 84.0 cm³/mol. The summed E-state index contributed by atoms with van der Waals surface area (Å²) in [4.78, 5) is 16.7. The normalized spacial score (nSPS) is 18.5. The van der Waals surface area contributed by atoms with Gasteiger partial charge in [-0.25, -0.2) is 9.67 Å². The minimum absolute atomic E-state index is 0.139. The van der Waals surface area contributed by atoms with E-state index in [2.05, 4.69) is 32.8 Å². The van der Waals surface area contributed by atoms with Crippen LogP contribution in [0.25, 0.3) is 0 Å². The zero-order valence-corrected chi connectivity index (χ0v) is 13.7. The molecule has 0 saturated carbocycles. The highest BCUT2D eigenvalue weighted by Gasteiger charge is 2.24. The predicted octanol–water partition coefficient (Wildman–Crippen LogP) is 1.07. The zero-order chi connectivity index (χ0) is 16.4. The number of aromatic nitrogens is 4. The molecule has 1 amide bonds. The third-order valence-corrected chi connectivity index (χ3v) is 3.97. The van der Waals surface area contributed by atoms with Gasteiger partial charge in [0.1, 0.15) is 5.82 Å². The highest BCUT2D eigenvalue weighted by Crippen LogP contribution is 2.14. The molecule has 8 nitrogen and oxygen atoms in total. The molecule has 0 radical (unpaired) electrons. The van der Waals surface area contributed by atoms with Crippen molar-refractivity contribution >= 4 is 11.8 Å². The second-order valence-electron chi connectivity index (χ2n) is 5.93. The summed E-state index contributed by atoms with van der Waals surface area (Å²) < 4.78 is 6.95. The van der Waals surface area contributed by atoms with Crippen LogP contribution in [-0.2, 0) is 24.2 Å². The van der Waals surface area contributed by atoms with Crippen LogP contribution in [0.2, 0.25) is 0 Å². The number of amides is 1. The third kappa shape index (κ3) is 3.58. The monoisotopic (exact) mass is 318 g/mol. The highest BCUT2D eigenvalue weighted by molar-refractivity contribution is 5.93. The van der Waals surface area contributed by atoms with E-state index in [9.17, 15) is 4.79 Å². The Labute approximate surface area is 134 Å². The summed E-state index contributed by atoms with van der Waals surface area (Å²) in [5.74, 6) is 2.15. The van der Waals surface area contributed by atoms with E-state index in [1.807, 2.05) is 18.5 Å². The molecular weight excluding hydrogens is 296 g/mol. The number of nitrogens with zero attached hydrogens (tertiary/aromatic N) is 4. The van der Waals surface area contributed by atoms with Gasteiger partial charge in [0.25, 0.3) is 0 Å². The summed E-state index contributed by atoms with van der Waals surface area (Å²) in [6, 6.07) is 1.56. The zero-order valence-electron chi connectivity index (χ0n) is 13.7. The number of rotatable bonds is 5. The number of anilines is 1. The molecule has 2 N–H and O–H groups in total. The molecule has 0 aliphatic carbocycles. The first-order valence-electron chi connectivity index (χ1n) is 7.98. The lowest BCUT2D eigenvalue weighted by Gasteiger charge is -2.26. The van der Waals surface area contributed by atoms with Gasteiger partial charge < -0.3 is 9.84 Å². The van der Waals surface area contributed by atoms with E-state index in [0.29, 0.717) is 5.88 Å². The summed E-state index contributed by atoms with van der Waals surface area (Å²) >= 11 is 0. The quantitative estimate of drug-likeness (QED) is 0.856. The van der Waals surface area contributed by atoms with E-state index in [-0.39, 0.29) is 18.0 Å². The Morgan fingerprint density at radius 3 is 3.09 bits per heavy atom. The maximum Gasteiger partial charge on any atom is 0.243 e. The van der Waals surface area contributed by atoms with Crippen LogP contribution in [0.1, 0.15) is 37.6 Å². The van der Waals surface area contributed by atoms with Crippen molar-refractivity contribution in [2.75, 3.05) is 5.32 Å². The van der Waals surface area contributed by atoms with Crippen molar-refractivity contribution < 1.29 is 9.32 Å². The number of hydrogen-bond acceptors (Lipinski definition) is 6. The molecule has 0 aromatic carbocycles. The number of hydrogen-bond donors (Lipinski definition) is 2. The topological polar surface area (TPSA) is 97.9 Å². The van der Waals surface area contributed by atoms with Crippen LogP contribution in [0.5, 0.6) is 0 Å².